The Morgan fingerprint density at radius 1 is 0.292 bits per heavy atom. The Hall–Kier alpha value is -5.86. The van der Waals surface area contributed by atoms with Crippen molar-refractivity contribution in [3.8, 4) is 0 Å². The summed E-state index contributed by atoms with van der Waals surface area (Å²) in [6.07, 6.45) is 1.77. The summed E-state index contributed by atoms with van der Waals surface area (Å²) in [7, 11) is 0. The quantitative estimate of drug-likeness (QED) is 0.150. The Labute approximate surface area is 285 Å². The maximum absolute atomic E-state index is 2.38. The van der Waals surface area contributed by atoms with E-state index >= 15 is 0 Å². The third-order valence-electron chi connectivity index (χ3n) is 8.71. The molecule has 0 atom stereocenters. The van der Waals surface area contributed by atoms with Gasteiger partial charge in [-0.1, -0.05) is 115 Å². The van der Waals surface area contributed by atoms with Crippen molar-refractivity contribution in [3.05, 3.63) is 215 Å². The summed E-state index contributed by atoms with van der Waals surface area (Å²) in [5, 5.41) is 0. The first-order chi connectivity index (χ1) is 23.6. The topological polar surface area (TPSA) is 6.48 Å². The Bertz CT molecular complexity index is 1970. The number of hydrogen-bond acceptors (Lipinski definition) is 2. The van der Waals surface area contributed by atoms with E-state index in [1.807, 2.05) is 0 Å². The lowest BCUT2D eigenvalue weighted by molar-refractivity contribution is 1.17. The Morgan fingerprint density at radius 3 is 1.00 bits per heavy atom. The van der Waals surface area contributed by atoms with Crippen molar-refractivity contribution in [3.63, 3.8) is 0 Å². The average molecular weight is 621 g/mol. The zero-order chi connectivity index (χ0) is 32.7. The molecule has 234 valence electrons. The first kappa shape index (κ1) is 30.8. The van der Waals surface area contributed by atoms with E-state index < -0.39 is 0 Å². The molecule has 48 heavy (non-hydrogen) atoms. The molecule has 0 amide bonds. The SMILES string of the molecule is Cc1cccc(N(c2cccc(Cc3ccccc3)c2)c2cccc(N(c3cccc(C)c3)c3cccc(Cc4ccccc4)c3)c2)c1. The van der Waals surface area contributed by atoms with Crippen LogP contribution in [0.4, 0.5) is 34.1 Å². The van der Waals surface area contributed by atoms with Gasteiger partial charge >= 0.3 is 0 Å². The van der Waals surface area contributed by atoms with Gasteiger partial charge in [0.2, 0.25) is 0 Å². The second kappa shape index (κ2) is 14.3. The predicted octanol–water partition coefficient (Wildman–Crippen LogP) is 12.4. The van der Waals surface area contributed by atoms with Crippen molar-refractivity contribution in [2.24, 2.45) is 0 Å². The lowest BCUT2D eigenvalue weighted by Gasteiger charge is -2.30. The molecule has 2 nitrogen and oxygen atoms in total. The van der Waals surface area contributed by atoms with Crippen molar-refractivity contribution in [1.29, 1.82) is 0 Å². The van der Waals surface area contributed by atoms with Crippen LogP contribution in [0, 0.1) is 13.8 Å². The normalized spacial score (nSPS) is 10.9. The van der Waals surface area contributed by atoms with Crippen LogP contribution in [0.1, 0.15) is 33.4 Å². The van der Waals surface area contributed by atoms with Gasteiger partial charge in [0, 0.05) is 34.1 Å². The molecule has 0 N–H and O–H groups in total. The summed E-state index contributed by atoms with van der Waals surface area (Å²) in [4.78, 5) is 4.76. The van der Waals surface area contributed by atoms with Gasteiger partial charge in [-0.25, -0.2) is 0 Å². The molecular formula is C46H40N2. The van der Waals surface area contributed by atoms with Gasteiger partial charge in [-0.3, -0.25) is 0 Å². The summed E-state index contributed by atoms with van der Waals surface area (Å²) in [5.74, 6) is 0. The van der Waals surface area contributed by atoms with E-state index in [2.05, 4.69) is 206 Å². The molecule has 0 aromatic heterocycles. The van der Waals surface area contributed by atoms with Crippen LogP contribution in [0.25, 0.3) is 0 Å². The maximum atomic E-state index is 2.38. The second-order valence-electron chi connectivity index (χ2n) is 12.5. The third-order valence-corrected chi connectivity index (χ3v) is 8.71. The Kier molecular flexibility index (Phi) is 9.15. The minimum atomic E-state index is 0.886. The summed E-state index contributed by atoms with van der Waals surface area (Å²) < 4.78 is 0. The molecule has 0 aliphatic heterocycles. The number of hydrogen-bond donors (Lipinski definition) is 0. The fourth-order valence-corrected chi connectivity index (χ4v) is 6.47. The van der Waals surface area contributed by atoms with Crippen molar-refractivity contribution >= 4 is 34.1 Å². The van der Waals surface area contributed by atoms with Crippen molar-refractivity contribution in [2.45, 2.75) is 26.7 Å². The van der Waals surface area contributed by atoms with Crippen molar-refractivity contribution < 1.29 is 0 Å². The summed E-state index contributed by atoms with van der Waals surface area (Å²) in [6, 6.07) is 65.8. The number of anilines is 6. The fourth-order valence-electron chi connectivity index (χ4n) is 6.47. The van der Waals surface area contributed by atoms with Crippen LogP contribution in [0.3, 0.4) is 0 Å². The molecule has 7 aromatic rings. The van der Waals surface area contributed by atoms with Crippen LogP contribution in [-0.2, 0) is 12.8 Å². The monoisotopic (exact) mass is 620 g/mol. The zero-order valence-electron chi connectivity index (χ0n) is 27.6. The molecule has 7 rings (SSSR count). The lowest BCUT2D eigenvalue weighted by Crippen LogP contribution is -2.13. The molecule has 0 aliphatic rings. The van der Waals surface area contributed by atoms with Crippen LogP contribution < -0.4 is 9.80 Å². The highest BCUT2D eigenvalue weighted by Gasteiger charge is 2.18. The highest BCUT2D eigenvalue weighted by atomic mass is 15.2. The van der Waals surface area contributed by atoms with E-state index in [0.29, 0.717) is 0 Å². The molecule has 0 unspecified atom stereocenters. The highest BCUT2D eigenvalue weighted by Crippen LogP contribution is 2.41. The smallest absolute Gasteiger partial charge is 0.0482 e. The molecule has 0 radical (unpaired) electrons. The Balaban J connectivity index is 1.32. The van der Waals surface area contributed by atoms with Gasteiger partial charge in [-0.15, -0.1) is 0 Å². The van der Waals surface area contributed by atoms with Gasteiger partial charge in [-0.2, -0.15) is 0 Å². The van der Waals surface area contributed by atoms with Gasteiger partial charge in [0.15, 0.2) is 0 Å². The van der Waals surface area contributed by atoms with E-state index in [0.717, 1.165) is 47.0 Å². The van der Waals surface area contributed by atoms with Gasteiger partial charge in [0.05, 0.1) is 0 Å². The molecular weight excluding hydrogens is 581 g/mol. The molecule has 0 heterocycles. The van der Waals surface area contributed by atoms with Gasteiger partial charge in [0.1, 0.15) is 0 Å². The first-order valence-electron chi connectivity index (χ1n) is 16.7. The van der Waals surface area contributed by atoms with E-state index in [4.69, 9.17) is 0 Å². The van der Waals surface area contributed by atoms with Gasteiger partial charge in [0.25, 0.3) is 0 Å². The standard InChI is InChI=1S/C46H40N2/c1-35-14-9-22-41(28-35)47(43-24-11-20-39(32-43)30-37-16-5-3-6-17-37)45-26-13-27-46(34-45)48(42-23-10-15-36(2)29-42)44-25-12-21-40(33-44)31-38-18-7-4-8-19-38/h3-29,32-34H,30-31H2,1-2H3. The average Bonchev–Trinajstić information content (AvgIpc) is 3.10. The number of aryl methyl sites for hydroxylation is 2. The predicted molar refractivity (Wildman–Crippen MR) is 204 cm³/mol. The van der Waals surface area contributed by atoms with E-state index in [1.165, 1.54) is 33.4 Å². The third kappa shape index (κ3) is 7.24. The molecule has 2 heteroatoms. The number of nitrogens with zero attached hydrogens (tertiary/aromatic N) is 2. The second-order valence-corrected chi connectivity index (χ2v) is 12.5. The van der Waals surface area contributed by atoms with Gasteiger partial charge in [-0.05, 0) is 127 Å². The molecule has 0 spiro atoms. The minimum absolute atomic E-state index is 0.886. The molecule has 0 fully saturated rings. The summed E-state index contributed by atoms with van der Waals surface area (Å²) in [5.41, 5.74) is 14.4. The van der Waals surface area contributed by atoms with Crippen LogP contribution in [0.5, 0.6) is 0 Å². The van der Waals surface area contributed by atoms with Crippen LogP contribution >= 0.6 is 0 Å². The Morgan fingerprint density at radius 2 is 0.604 bits per heavy atom. The summed E-state index contributed by atoms with van der Waals surface area (Å²) in [6.45, 7) is 4.32. The molecule has 0 bridgehead atoms. The summed E-state index contributed by atoms with van der Waals surface area (Å²) >= 11 is 0. The van der Waals surface area contributed by atoms with Crippen molar-refractivity contribution in [2.75, 3.05) is 9.80 Å². The molecule has 0 saturated carbocycles. The molecule has 7 aromatic carbocycles. The lowest BCUT2D eigenvalue weighted by atomic mass is 10.0. The van der Waals surface area contributed by atoms with E-state index in [9.17, 15) is 0 Å². The first-order valence-corrected chi connectivity index (χ1v) is 16.7. The van der Waals surface area contributed by atoms with Crippen molar-refractivity contribution in [1.82, 2.24) is 0 Å². The van der Waals surface area contributed by atoms with Gasteiger partial charge < -0.3 is 9.80 Å². The highest BCUT2D eigenvalue weighted by molar-refractivity contribution is 5.83. The largest absolute Gasteiger partial charge is 0.310 e. The maximum Gasteiger partial charge on any atom is 0.0482 e. The van der Waals surface area contributed by atoms with Crippen LogP contribution in [-0.4, -0.2) is 0 Å². The van der Waals surface area contributed by atoms with Crippen LogP contribution in [0.2, 0.25) is 0 Å². The van der Waals surface area contributed by atoms with Crippen LogP contribution in [0.15, 0.2) is 182 Å². The number of benzene rings is 7. The molecule has 0 aliphatic carbocycles. The molecule has 0 saturated heterocycles. The number of rotatable bonds is 10. The van der Waals surface area contributed by atoms with E-state index in [1.54, 1.807) is 0 Å². The fraction of sp³-hybridized carbons (Fsp3) is 0.0870. The zero-order valence-corrected chi connectivity index (χ0v) is 27.6. The van der Waals surface area contributed by atoms with E-state index in [-0.39, 0.29) is 0 Å². The minimum Gasteiger partial charge on any atom is -0.310 e.